The highest BCUT2D eigenvalue weighted by molar-refractivity contribution is 6.47. The minimum Gasteiger partial charge on any atom is -0.394 e. The molecule has 10 heteroatoms. The van der Waals surface area contributed by atoms with Gasteiger partial charge in [-0.2, -0.15) is 0 Å². The first kappa shape index (κ1) is 14.5. The Morgan fingerprint density at radius 3 is 2.81 bits per heavy atom. The van der Waals surface area contributed by atoms with Crippen LogP contribution in [0.1, 0.15) is 6.92 Å². The Morgan fingerprint density at radius 1 is 1.48 bits per heavy atom. The number of nitrogens with zero attached hydrogens (tertiary/aromatic N) is 4. The molecule has 0 unspecified atom stereocenters. The maximum absolute atomic E-state index is 10.3. The van der Waals surface area contributed by atoms with Gasteiger partial charge in [-0.15, -0.1) is 0 Å². The fourth-order valence-corrected chi connectivity index (χ4v) is 2.77. The molecule has 3 aliphatic rings. The quantitative estimate of drug-likeness (QED) is 0.331. The Balaban J connectivity index is 1.93. The van der Waals surface area contributed by atoms with Gasteiger partial charge in [-0.3, -0.25) is 16.5 Å². The summed E-state index contributed by atoms with van der Waals surface area (Å²) in [6, 6.07) is 0. The predicted octanol–water partition coefficient (Wildman–Crippen LogP) is -3.46. The van der Waals surface area contributed by atoms with E-state index in [0.29, 0.717) is 5.84 Å². The molecule has 1 fully saturated rings. The summed E-state index contributed by atoms with van der Waals surface area (Å²) in [7, 11) is 0. The summed E-state index contributed by atoms with van der Waals surface area (Å²) in [5.41, 5.74) is 10.6. The lowest BCUT2D eigenvalue weighted by Gasteiger charge is -2.39. The number of aliphatic hydroxyl groups excluding tert-OH is 3. The van der Waals surface area contributed by atoms with Crippen LogP contribution in [0, 0.1) is 0 Å². The lowest BCUT2D eigenvalue weighted by Crippen LogP contribution is -2.63. The maximum Gasteiger partial charge on any atom is 0.208 e. The molecule has 21 heavy (non-hydrogen) atoms. The molecular weight excluding hydrogens is 280 g/mol. The van der Waals surface area contributed by atoms with Gasteiger partial charge in [-0.05, 0) is 6.92 Å². The normalized spacial score (nSPS) is 41.0. The first-order valence-corrected chi connectivity index (χ1v) is 6.48. The second-order valence-electron chi connectivity index (χ2n) is 5.43. The van der Waals surface area contributed by atoms with Gasteiger partial charge in [-0.1, -0.05) is 0 Å². The summed E-state index contributed by atoms with van der Waals surface area (Å²) in [6.07, 6.45) is -2.15. The molecule has 0 aliphatic carbocycles. The van der Waals surface area contributed by atoms with E-state index in [1.807, 2.05) is 0 Å². The van der Waals surface area contributed by atoms with E-state index in [1.54, 1.807) is 11.8 Å². The van der Waals surface area contributed by atoms with Crippen LogP contribution in [0.15, 0.2) is 15.0 Å². The van der Waals surface area contributed by atoms with Crippen LogP contribution in [-0.2, 0) is 4.74 Å². The summed E-state index contributed by atoms with van der Waals surface area (Å²) in [6.45, 7) is 1.27. The van der Waals surface area contributed by atoms with E-state index >= 15 is 0 Å². The highest BCUT2D eigenvalue weighted by Gasteiger charge is 2.57. The molecule has 0 spiro atoms. The average Bonchev–Trinajstić information content (AvgIpc) is 2.96. The van der Waals surface area contributed by atoms with E-state index in [0.717, 1.165) is 0 Å². The van der Waals surface area contributed by atoms with Crippen molar-refractivity contribution in [3.8, 4) is 0 Å². The van der Waals surface area contributed by atoms with Gasteiger partial charge in [0, 0.05) is 0 Å². The van der Waals surface area contributed by atoms with Gasteiger partial charge in [0.05, 0.1) is 6.61 Å². The Morgan fingerprint density at radius 2 is 2.19 bits per heavy atom. The number of hydrogen-bond acceptors (Lipinski definition) is 10. The SMILES string of the molecule is C[C@@]1(N2CN=C3C2=NC=NC3(N)N)O[C@H](CO)[C@@H](O)[C@H]1O. The molecule has 1 saturated heterocycles. The van der Waals surface area contributed by atoms with E-state index in [-0.39, 0.29) is 12.4 Å². The van der Waals surface area contributed by atoms with Crippen LogP contribution in [-0.4, -0.2) is 81.2 Å². The standard InChI is InChI=1S/C11H18N6O4/c1-10(8(20)6(19)5(2-18)21-10)17-4-15-7-9(17)14-3-16-11(7,12)13/h3,5-6,8,18-20H,2,4,12-13H2,1H3/t5-,6-,8-,10-/m1/s1. The van der Waals surface area contributed by atoms with E-state index in [1.165, 1.54) is 6.34 Å². The Bertz CT molecular complexity index is 547. The fraction of sp³-hybridized carbons (Fsp3) is 0.727. The van der Waals surface area contributed by atoms with Crippen LogP contribution in [0.25, 0.3) is 0 Å². The minimum atomic E-state index is -1.49. The number of rotatable bonds is 2. The van der Waals surface area contributed by atoms with Crippen molar-refractivity contribution in [3.63, 3.8) is 0 Å². The van der Waals surface area contributed by atoms with Gasteiger partial charge >= 0.3 is 0 Å². The van der Waals surface area contributed by atoms with E-state index < -0.39 is 36.4 Å². The molecule has 116 valence electrons. The fourth-order valence-electron chi connectivity index (χ4n) is 2.77. The van der Waals surface area contributed by atoms with Crippen molar-refractivity contribution in [3.05, 3.63) is 0 Å². The van der Waals surface area contributed by atoms with E-state index in [9.17, 15) is 15.3 Å². The second kappa shape index (κ2) is 4.53. The van der Waals surface area contributed by atoms with Crippen LogP contribution >= 0.6 is 0 Å². The van der Waals surface area contributed by atoms with E-state index in [2.05, 4.69) is 15.0 Å². The van der Waals surface area contributed by atoms with Crippen molar-refractivity contribution in [2.24, 2.45) is 26.4 Å². The zero-order valence-corrected chi connectivity index (χ0v) is 11.4. The third kappa shape index (κ3) is 1.92. The molecular formula is C11H18N6O4. The number of nitrogens with two attached hydrogens (primary N) is 2. The highest BCUT2D eigenvalue weighted by Crippen LogP contribution is 2.36. The molecule has 0 aromatic rings. The van der Waals surface area contributed by atoms with Crippen LogP contribution in [0.3, 0.4) is 0 Å². The molecule has 3 rings (SSSR count). The van der Waals surface area contributed by atoms with Crippen molar-refractivity contribution < 1.29 is 20.1 Å². The van der Waals surface area contributed by atoms with Gasteiger partial charge in [0.15, 0.2) is 11.6 Å². The third-order valence-corrected chi connectivity index (χ3v) is 4.03. The molecule has 7 N–H and O–H groups in total. The maximum atomic E-state index is 10.3. The predicted molar refractivity (Wildman–Crippen MR) is 73.6 cm³/mol. The lowest BCUT2D eigenvalue weighted by atomic mass is 10.0. The highest BCUT2D eigenvalue weighted by atomic mass is 16.6. The van der Waals surface area contributed by atoms with Crippen molar-refractivity contribution in [1.82, 2.24) is 4.90 Å². The molecule has 0 aromatic heterocycles. The van der Waals surface area contributed by atoms with Gasteiger partial charge < -0.3 is 25.0 Å². The molecule has 0 amide bonds. The number of fused-ring (bicyclic) bond motifs is 1. The lowest BCUT2D eigenvalue weighted by molar-refractivity contribution is -0.147. The minimum absolute atomic E-state index is 0.103. The molecule has 0 aromatic carbocycles. The van der Waals surface area contributed by atoms with Crippen LogP contribution in [0.4, 0.5) is 0 Å². The Kier molecular flexibility index (Phi) is 3.13. The van der Waals surface area contributed by atoms with Crippen molar-refractivity contribution in [1.29, 1.82) is 0 Å². The van der Waals surface area contributed by atoms with Gasteiger partial charge in [0.2, 0.25) is 5.79 Å². The van der Waals surface area contributed by atoms with Gasteiger partial charge in [0.25, 0.3) is 0 Å². The zero-order valence-electron chi connectivity index (χ0n) is 11.4. The van der Waals surface area contributed by atoms with Gasteiger partial charge in [0.1, 0.15) is 37.0 Å². The smallest absolute Gasteiger partial charge is 0.208 e. The first-order chi connectivity index (χ1) is 9.81. The first-order valence-electron chi connectivity index (χ1n) is 6.48. The average molecular weight is 298 g/mol. The van der Waals surface area contributed by atoms with Crippen LogP contribution in [0.2, 0.25) is 0 Å². The van der Waals surface area contributed by atoms with Crippen molar-refractivity contribution >= 4 is 17.9 Å². The van der Waals surface area contributed by atoms with Crippen molar-refractivity contribution in [2.45, 2.75) is 36.7 Å². The molecule has 3 heterocycles. The third-order valence-electron chi connectivity index (χ3n) is 4.03. The Labute approximate surface area is 120 Å². The van der Waals surface area contributed by atoms with Crippen molar-refractivity contribution in [2.75, 3.05) is 13.3 Å². The number of amidine groups is 1. The summed E-state index contributed by atoms with van der Waals surface area (Å²) >= 11 is 0. The largest absolute Gasteiger partial charge is 0.394 e. The summed E-state index contributed by atoms with van der Waals surface area (Å²) in [5, 5.41) is 29.4. The summed E-state index contributed by atoms with van der Waals surface area (Å²) < 4.78 is 5.62. The van der Waals surface area contributed by atoms with Crippen LogP contribution in [0.5, 0.6) is 0 Å². The monoisotopic (exact) mass is 298 g/mol. The number of aliphatic hydroxyl groups is 3. The molecule has 0 bridgehead atoms. The summed E-state index contributed by atoms with van der Waals surface area (Å²) in [5.74, 6) is -1.15. The number of ether oxygens (including phenoxy) is 1. The number of aliphatic imine (C=N–C) groups is 3. The molecule has 3 aliphatic heterocycles. The molecule has 0 saturated carbocycles. The molecule has 4 atom stereocenters. The number of hydrogen-bond donors (Lipinski definition) is 5. The molecule has 0 radical (unpaired) electrons. The van der Waals surface area contributed by atoms with E-state index in [4.69, 9.17) is 16.2 Å². The second-order valence-corrected chi connectivity index (χ2v) is 5.43. The molecule has 10 nitrogen and oxygen atoms in total. The Hall–Kier alpha value is -1.43. The van der Waals surface area contributed by atoms with Gasteiger partial charge in [-0.25, -0.2) is 9.98 Å². The summed E-state index contributed by atoms with van der Waals surface area (Å²) in [4.78, 5) is 13.7. The zero-order chi connectivity index (χ0) is 15.4. The van der Waals surface area contributed by atoms with Crippen LogP contribution < -0.4 is 11.5 Å². The topological polar surface area (TPSA) is 162 Å².